The van der Waals surface area contributed by atoms with Crippen LogP contribution in [0.5, 0.6) is 0 Å². The number of benzene rings is 1. The van der Waals surface area contributed by atoms with Gasteiger partial charge in [0.2, 0.25) is 5.91 Å². The Morgan fingerprint density at radius 2 is 2.06 bits per heavy atom. The Morgan fingerprint density at radius 3 is 2.78 bits per heavy atom. The summed E-state index contributed by atoms with van der Waals surface area (Å²) in [5.74, 6) is -0.0469. The fourth-order valence-electron chi connectivity index (χ4n) is 4.15. The zero-order chi connectivity index (χ0) is 22.5. The summed E-state index contributed by atoms with van der Waals surface area (Å²) >= 11 is 1.59. The summed E-state index contributed by atoms with van der Waals surface area (Å²) in [6.45, 7) is 3.51. The van der Waals surface area contributed by atoms with Gasteiger partial charge in [0, 0.05) is 38.6 Å². The van der Waals surface area contributed by atoms with Crippen LogP contribution in [0.3, 0.4) is 0 Å². The van der Waals surface area contributed by atoms with Crippen molar-refractivity contribution in [3.05, 3.63) is 86.9 Å². The Morgan fingerprint density at radius 1 is 1.25 bits per heavy atom. The number of fused-ring (bicyclic) bond motifs is 1. The van der Waals surface area contributed by atoms with E-state index in [2.05, 4.69) is 10.3 Å². The molecule has 166 valence electrons. The lowest BCUT2D eigenvalue weighted by Gasteiger charge is -2.32. The van der Waals surface area contributed by atoms with E-state index in [0.29, 0.717) is 26.1 Å². The van der Waals surface area contributed by atoms with E-state index in [1.807, 2.05) is 65.2 Å². The van der Waals surface area contributed by atoms with Crippen molar-refractivity contribution in [1.82, 2.24) is 15.2 Å². The number of aryl methyl sites for hydroxylation is 1. The first-order valence-electron chi connectivity index (χ1n) is 10.7. The van der Waals surface area contributed by atoms with Crippen LogP contribution < -0.4 is 5.32 Å². The van der Waals surface area contributed by atoms with Crippen molar-refractivity contribution in [3.8, 4) is 0 Å². The third-order valence-electron chi connectivity index (χ3n) is 5.88. The minimum absolute atomic E-state index is 0.00110. The maximum absolute atomic E-state index is 13.2. The van der Waals surface area contributed by atoms with Crippen LogP contribution in [-0.4, -0.2) is 35.4 Å². The molecule has 0 spiro atoms. The molecule has 1 unspecified atom stereocenters. The molecule has 2 aromatic heterocycles. The van der Waals surface area contributed by atoms with Gasteiger partial charge in [0.1, 0.15) is 0 Å². The van der Waals surface area contributed by atoms with Crippen LogP contribution in [0.25, 0.3) is 0 Å². The molecule has 7 heteroatoms. The molecule has 0 fully saturated rings. The molecule has 1 atom stereocenters. The fraction of sp³-hybridized carbons (Fsp3) is 0.320. The number of pyridine rings is 1. The number of thiophene rings is 1. The van der Waals surface area contributed by atoms with E-state index in [4.69, 9.17) is 4.74 Å². The first-order chi connectivity index (χ1) is 15.6. The van der Waals surface area contributed by atoms with Crippen LogP contribution >= 0.6 is 11.3 Å². The monoisotopic (exact) mass is 449 g/mol. The first-order valence-corrected chi connectivity index (χ1v) is 11.6. The predicted molar refractivity (Wildman–Crippen MR) is 124 cm³/mol. The molecule has 0 saturated carbocycles. The summed E-state index contributed by atoms with van der Waals surface area (Å²) in [5, 5.41) is 7.00. The smallest absolute Gasteiger partial charge is 0.256 e. The second kappa shape index (κ2) is 10.1. The number of nitrogens with one attached hydrogen (secondary N) is 1. The van der Waals surface area contributed by atoms with Gasteiger partial charge < -0.3 is 15.0 Å². The number of nitrogens with zero attached hydrogens (tertiary/aromatic N) is 2. The normalized spacial score (nSPS) is 14.0. The second-order valence-corrected chi connectivity index (χ2v) is 8.73. The van der Waals surface area contributed by atoms with E-state index in [0.717, 1.165) is 34.4 Å². The van der Waals surface area contributed by atoms with Gasteiger partial charge >= 0.3 is 0 Å². The number of rotatable bonds is 7. The maximum Gasteiger partial charge on any atom is 0.256 e. The molecule has 0 aliphatic carbocycles. The fourth-order valence-corrected chi connectivity index (χ4v) is 4.81. The van der Waals surface area contributed by atoms with Crippen molar-refractivity contribution in [2.45, 2.75) is 39.0 Å². The van der Waals surface area contributed by atoms with E-state index >= 15 is 0 Å². The molecule has 3 heterocycles. The summed E-state index contributed by atoms with van der Waals surface area (Å²) in [5.41, 5.74) is 6.06. The van der Waals surface area contributed by atoms with Crippen molar-refractivity contribution >= 4 is 23.2 Å². The minimum atomic E-state index is -0.618. The van der Waals surface area contributed by atoms with Gasteiger partial charge in [-0.25, -0.2) is 0 Å². The lowest BCUT2D eigenvalue weighted by molar-refractivity contribution is -0.143. The van der Waals surface area contributed by atoms with E-state index in [1.54, 1.807) is 18.4 Å². The van der Waals surface area contributed by atoms with Gasteiger partial charge in [-0.1, -0.05) is 30.3 Å². The molecule has 1 aliphatic rings. The molecule has 3 aromatic rings. The quantitative estimate of drug-likeness (QED) is 0.599. The molecule has 1 aliphatic heterocycles. The van der Waals surface area contributed by atoms with E-state index in [9.17, 15) is 9.59 Å². The topological polar surface area (TPSA) is 71.5 Å². The molecule has 0 saturated heterocycles. The van der Waals surface area contributed by atoms with Crippen molar-refractivity contribution in [2.24, 2.45) is 0 Å². The highest BCUT2D eigenvalue weighted by atomic mass is 32.1. The molecule has 6 nitrogen and oxygen atoms in total. The molecular weight excluding hydrogens is 422 g/mol. The molecule has 2 amide bonds. The van der Waals surface area contributed by atoms with Crippen LogP contribution in [0, 0.1) is 6.92 Å². The number of ether oxygens (including phenoxy) is 1. The van der Waals surface area contributed by atoms with Crippen LogP contribution in [0.2, 0.25) is 0 Å². The Bertz CT molecular complexity index is 1080. The van der Waals surface area contributed by atoms with Crippen LogP contribution in [0.4, 0.5) is 0 Å². The van der Waals surface area contributed by atoms with E-state index in [1.165, 1.54) is 5.56 Å². The number of hydrogen-bond donors (Lipinski definition) is 1. The highest BCUT2D eigenvalue weighted by molar-refractivity contribution is 7.08. The van der Waals surface area contributed by atoms with Crippen LogP contribution in [0.1, 0.15) is 39.6 Å². The molecule has 0 radical (unpaired) electrons. The Kier molecular flexibility index (Phi) is 6.97. The molecule has 1 aromatic carbocycles. The SMILES string of the molecule is COC(C(=O)N1CCc2c(cnc(C)c2CNC(=O)Cc2ccsc2)C1)c1ccccc1. The van der Waals surface area contributed by atoms with E-state index in [-0.39, 0.29) is 11.8 Å². The van der Waals surface area contributed by atoms with Gasteiger partial charge in [0.25, 0.3) is 5.91 Å². The van der Waals surface area contributed by atoms with Crippen LogP contribution in [-0.2, 0) is 40.3 Å². The number of aromatic nitrogens is 1. The number of methoxy groups -OCH3 is 1. The first kappa shape index (κ1) is 22.2. The predicted octanol–water partition coefficient (Wildman–Crippen LogP) is 3.58. The Labute approximate surface area is 192 Å². The standard InChI is InChI=1S/C25H27N3O3S/c1-17-22(14-27-23(29)12-18-9-11-32-16-18)21-8-10-28(15-20(21)13-26-17)25(30)24(31-2)19-6-4-3-5-7-19/h3-7,9,11,13,16,24H,8,10,12,14-15H2,1-2H3,(H,27,29). The van der Waals surface area contributed by atoms with Gasteiger partial charge in [-0.15, -0.1) is 0 Å². The largest absolute Gasteiger partial charge is 0.367 e. The van der Waals surface area contributed by atoms with Crippen molar-refractivity contribution in [1.29, 1.82) is 0 Å². The lowest BCUT2D eigenvalue weighted by Crippen LogP contribution is -2.40. The zero-order valence-electron chi connectivity index (χ0n) is 18.3. The van der Waals surface area contributed by atoms with Gasteiger partial charge in [-0.3, -0.25) is 14.6 Å². The average molecular weight is 450 g/mol. The molecule has 4 rings (SSSR count). The average Bonchev–Trinajstić information content (AvgIpc) is 3.32. The number of amides is 2. The van der Waals surface area contributed by atoms with Gasteiger partial charge in [-0.2, -0.15) is 11.3 Å². The maximum atomic E-state index is 13.2. The third-order valence-corrected chi connectivity index (χ3v) is 6.61. The van der Waals surface area contributed by atoms with Crippen molar-refractivity contribution < 1.29 is 14.3 Å². The van der Waals surface area contributed by atoms with Gasteiger partial charge in [0.15, 0.2) is 6.10 Å². The number of hydrogen-bond acceptors (Lipinski definition) is 5. The van der Waals surface area contributed by atoms with Crippen molar-refractivity contribution in [2.75, 3.05) is 13.7 Å². The highest BCUT2D eigenvalue weighted by Gasteiger charge is 2.29. The third kappa shape index (κ3) is 4.89. The number of carbonyl (C=O) groups is 2. The summed E-state index contributed by atoms with van der Waals surface area (Å²) in [6.07, 6.45) is 2.34. The summed E-state index contributed by atoms with van der Waals surface area (Å²) in [4.78, 5) is 31.9. The van der Waals surface area contributed by atoms with Crippen molar-refractivity contribution in [3.63, 3.8) is 0 Å². The summed E-state index contributed by atoms with van der Waals surface area (Å²) < 4.78 is 5.54. The Hall–Kier alpha value is -3.03. The minimum Gasteiger partial charge on any atom is -0.367 e. The zero-order valence-corrected chi connectivity index (χ0v) is 19.2. The lowest BCUT2D eigenvalue weighted by atomic mass is 9.94. The van der Waals surface area contributed by atoms with Gasteiger partial charge in [-0.05, 0) is 58.0 Å². The summed E-state index contributed by atoms with van der Waals surface area (Å²) in [7, 11) is 1.56. The van der Waals surface area contributed by atoms with Crippen LogP contribution in [0.15, 0.2) is 53.4 Å². The molecule has 1 N–H and O–H groups in total. The number of carbonyl (C=O) groups excluding carboxylic acids is 2. The molecule has 0 bridgehead atoms. The summed E-state index contributed by atoms with van der Waals surface area (Å²) in [6, 6.07) is 11.5. The van der Waals surface area contributed by atoms with Gasteiger partial charge in [0.05, 0.1) is 6.42 Å². The molecule has 32 heavy (non-hydrogen) atoms. The Balaban J connectivity index is 1.46. The highest BCUT2D eigenvalue weighted by Crippen LogP contribution is 2.27. The second-order valence-electron chi connectivity index (χ2n) is 7.95. The van der Waals surface area contributed by atoms with E-state index < -0.39 is 6.10 Å². The molecular formula is C25H27N3O3S.